The highest BCUT2D eigenvalue weighted by Crippen LogP contribution is 2.14. The smallest absolute Gasteiger partial charge is 0.261 e. The maximum absolute atomic E-state index is 12.6. The summed E-state index contributed by atoms with van der Waals surface area (Å²) in [5.41, 5.74) is 1.33. The Hall–Kier alpha value is -2.66. The Labute approximate surface area is 150 Å². The number of anilines is 1. The predicted molar refractivity (Wildman–Crippen MR) is 100 cm³/mol. The van der Waals surface area contributed by atoms with Crippen molar-refractivity contribution >= 4 is 34.1 Å². The third-order valence-electron chi connectivity index (χ3n) is 3.97. The molecule has 0 aliphatic carbocycles. The average Bonchev–Trinajstić information content (AvgIpc) is 2.60. The SMILES string of the molecule is Cc1nc2ccccc2c(=O)n1CCCC(=O)Nc1ccc(Cl)cc1. The van der Waals surface area contributed by atoms with E-state index in [1.165, 1.54) is 0 Å². The zero-order valence-corrected chi connectivity index (χ0v) is 14.6. The van der Waals surface area contributed by atoms with Gasteiger partial charge in [0.25, 0.3) is 5.56 Å². The van der Waals surface area contributed by atoms with Crippen molar-refractivity contribution in [3.63, 3.8) is 0 Å². The summed E-state index contributed by atoms with van der Waals surface area (Å²) in [5, 5.41) is 4.03. The topological polar surface area (TPSA) is 64.0 Å². The van der Waals surface area contributed by atoms with Gasteiger partial charge in [-0.15, -0.1) is 0 Å². The lowest BCUT2D eigenvalue weighted by atomic mass is 10.2. The van der Waals surface area contributed by atoms with Crippen LogP contribution in [0.3, 0.4) is 0 Å². The molecule has 128 valence electrons. The van der Waals surface area contributed by atoms with Crippen molar-refractivity contribution in [2.45, 2.75) is 26.3 Å². The van der Waals surface area contributed by atoms with Gasteiger partial charge in [-0.3, -0.25) is 14.2 Å². The number of halogens is 1. The molecule has 0 fully saturated rings. The monoisotopic (exact) mass is 355 g/mol. The van der Waals surface area contributed by atoms with E-state index in [1.54, 1.807) is 34.9 Å². The van der Waals surface area contributed by atoms with Gasteiger partial charge < -0.3 is 5.32 Å². The van der Waals surface area contributed by atoms with Crippen LogP contribution >= 0.6 is 11.6 Å². The third kappa shape index (κ3) is 4.06. The highest BCUT2D eigenvalue weighted by Gasteiger charge is 2.09. The number of aryl methyl sites for hydroxylation is 1. The second-order valence-corrected chi connectivity index (χ2v) is 6.23. The summed E-state index contributed by atoms with van der Waals surface area (Å²) in [6, 6.07) is 14.2. The second-order valence-electron chi connectivity index (χ2n) is 5.79. The fraction of sp³-hybridized carbons (Fsp3) is 0.211. The molecule has 5 nitrogen and oxygen atoms in total. The van der Waals surface area contributed by atoms with Crippen LogP contribution in [0.5, 0.6) is 0 Å². The fourth-order valence-electron chi connectivity index (χ4n) is 2.70. The van der Waals surface area contributed by atoms with Crippen LogP contribution in [0, 0.1) is 6.92 Å². The molecule has 0 atom stereocenters. The first-order valence-electron chi connectivity index (χ1n) is 8.06. The number of rotatable bonds is 5. The van der Waals surface area contributed by atoms with Crippen molar-refractivity contribution in [3.05, 3.63) is 69.7 Å². The Morgan fingerprint density at radius 3 is 2.64 bits per heavy atom. The Bertz CT molecular complexity index is 965. The number of hydrogen-bond acceptors (Lipinski definition) is 3. The van der Waals surface area contributed by atoms with Crippen molar-refractivity contribution in [1.82, 2.24) is 9.55 Å². The first-order chi connectivity index (χ1) is 12.0. The molecule has 1 aromatic heterocycles. The van der Waals surface area contributed by atoms with Crippen LogP contribution in [-0.2, 0) is 11.3 Å². The van der Waals surface area contributed by atoms with Gasteiger partial charge in [0.15, 0.2) is 0 Å². The minimum Gasteiger partial charge on any atom is -0.326 e. The molecule has 0 aliphatic heterocycles. The first kappa shape index (κ1) is 17.2. The summed E-state index contributed by atoms with van der Waals surface area (Å²) in [6.07, 6.45) is 0.877. The molecule has 0 bridgehead atoms. The zero-order valence-electron chi connectivity index (χ0n) is 13.8. The van der Waals surface area contributed by atoms with Crippen molar-refractivity contribution < 1.29 is 4.79 Å². The largest absolute Gasteiger partial charge is 0.326 e. The van der Waals surface area contributed by atoms with E-state index < -0.39 is 0 Å². The number of nitrogens with zero attached hydrogens (tertiary/aromatic N) is 2. The molecule has 0 spiro atoms. The molecule has 3 rings (SSSR count). The summed E-state index contributed by atoms with van der Waals surface area (Å²) in [6.45, 7) is 2.26. The van der Waals surface area contributed by atoms with E-state index in [0.717, 1.165) is 0 Å². The zero-order chi connectivity index (χ0) is 17.8. The number of hydrogen-bond donors (Lipinski definition) is 1. The summed E-state index contributed by atoms with van der Waals surface area (Å²) in [7, 11) is 0. The molecule has 0 saturated carbocycles. The van der Waals surface area contributed by atoms with Crippen molar-refractivity contribution in [2.24, 2.45) is 0 Å². The molecule has 0 saturated heterocycles. The van der Waals surface area contributed by atoms with Gasteiger partial charge >= 0.3 is 0 Å². The van der Waals surface area contributed by atoms with Crippen LogP contribution in [0.4, 0.5) is 5.69 Å². The molecule has 1 heterocycles. The van der Waals surface area contributed by atoms with Gasteiger partial charge in [0.2, 0.25) is 5.91 Å². The number of fused-ring (bicyclic) bond motifs is 1. The lowest BCUT2D eigenvalue weighted by Crippen LogP contribution is -2.24. The minimum atomic E-state index is -0.0956. The van der Waals surface area contributed by atoms with Gasteiger partial charge in [-0.05, 0) is 49.7 Å². The van der Waals surface area contributed by atoms with Crippen LogP contribution in [-0.4, -0.2) is 15.5 Å². The molecular formula is C19H18ClN3O2. The van der Waals surface area contributed by atoms with Crippen LogP contribution in [0.1, 0.15) is 18.7 Å². The average molecular weight is 356 g/mol. The van der Waals surface area contributed by atoms with E-state index in [-0.39, 0.29) is 11.5 Å². The molecule has 1 amide bonds. The number of aromatic nitrogens is 2. The fourth-order valence-corrected chi connectivity index (χ4v) is 2.82. The lowest BCUT2D eigenvalue weighted by molar-refractivity contribution is -0.116. The molecular weight excluding hydrogens is 338 g/mol. The van der Waals surface area contributed by atoms with Crippen molar-refractivity contribution in [3.8, 4) is 0 Å². The van der Waals surface area contributed by atoms with E-state index in [0.29, 0.717) is 46.8 Å². The van der Waals surface area contributed by atoms with E-state index in [9.17, 15) is 9.59 Å². The van der Waals surface area contributed by atoms with Gasteiger partial charge in [-0.1, -0.05) is 23.7 Å². The number of carbonyl (C=O) groups is 1. The Morgan fingerprint density at radius 1 is 1.16 bits per heavy atom. The van der Waals surface area contributed by atoms with Gasteiger partial charge in [0.1, 0.15) is 5.82 Å². The van der Waals surface area contributed by atoms with E-state index in [4.69, 9.17) is 11.6 Å². The summed E-state index contributed by atoms with van der Waals surface area (Å²) < 4.78 is 1.62. The number of nitrogens with one attached hydrogen (secondary N) is 1. The van der Waals surface area contributed by atoms with Crippen molar-refractivity contribution in [2.75, 3.05) is 5.32 Å². The molecule has 3 aromatic rings. The maximum Gasteiger partial charge on any atom is 0.261 e. The van der Waals surface area contributed by atoms with Crippen LogP contribution in [0.25, 0.3) is 10.9 Å². The van der Waals surface area contributed by atoms with E-state index in [2.05, 4.69) is 10.3 Å². The highest BCUT2D eigenvalue weighted by atomic mass is 35.5. The summed E-state index contributed by atoms with van der Waals surface area (Å²) in [5.74, 6) is 0.559. The molecule has 0 radical (unpaired) electrons. The summed E-state index contributed by atoms with van der Waals surface area (Å²) >= 11 is 5.82. The van der Waals surface area contributed by atoms with Crippen LogP contribution in [0.15, 0.2) is 53.3 Å². The van der Waals surface area contributed by atoms with Gasteiger partial charge in [0.05, 0.1) is 10.9 Å². The highest BCUT2D eigenvalue weighted by molar-refractivity contribution is 6.30. The lowest BCUT2D eigenvalue weighted by Gasteiger charge is -2.11. The normalized spacial score (nSPS) is 10.8. The Balaban J connectivity index is 1.64. The third-order valence-corrected chi connectivity index (χ3v) is 4.22. The minimum absolute atomic E-state index is 0.0683. The molecule has 6 heteroatoms. The Morgan fingerprint density at radius 2 is 1.88 bits per heavy atom. The predicted octanol–water partition coefficient (Wildman–Crippen LogP) is 3.78. The quantitative estimate of drug-likeness (QED) is 0.757. The molecule has 1 N–H and O–H groups in total. The molecule has 2 aromatic carbocycles. The van der Waals surface area contributed by atoms with E-state index in [1.807, 2.05) is 25.1 Å². The maximum atomic E-state index is 12.6. The van der Waals surface area contributed by atoms with Gasteiger partial charge in [-0.25, -0.2) is 4.98 Å². The van der Waals surface area contributed by atoms with Crippen LogP contribution < -0.4 is 10.9 Å². The standard InChI is InChI=1S/C19H18ClN3O2/c1-13-21-17-6-3-2-5-16(17)19(25)23(13)12-4-7-18(24)22-15-10-8-14(20)9-11-15/h2-3,5-6,8-11H,4,7,12H2,1H3,(H,22,24). The number of para-hydroxylation sites is 1. The van der Waals surface area contributed by atoms with Crippen molar-refractivity contribution in [1.29, 1.82) is 0 Å². The Kier molecular flexibility index (Phi) is 5.14. The van der Waals surface area contributed by atoms with Gasteiger partial charge in [0, 0.05) is 23.7 Å². The molecule has 0 aliphatic rings. The second kappa shape index (κ2) is 7.49. The number of benzene rings is 2. The number of carbonyl (C=O) groups excluding carboxylic acids is 1. The summed E-state index contributed by atoms with van der Waals surface area (Å²) in [4.78, 5) is 29.0. The number of amides is 1. The van der Waals surface area contributed by atoms with E-state index >= 15 is 0 Å². The molecule has 0 unspecified atom stereocenters. The van der Waals surface area contributed by atoms with Gasteiger partial charge in [-0.2, -0.15) is 0 Å². The van der Waals surface area contributed by atoms with Crippen LogP contribution in [0.2, 0.25) is 5.02 Å². The first-order valence-corrected chi connectivity index (χ1v) is 8.44. The molecule has 25 heavy (non-hydrogen) atoms.